The Morgan fingerprint density at radius 3 is 1.90 bits per heavy atom. The molecule has 0 unspecified atom stereocenters. The number of hydrogen-bond donors (Lipinski definition) is 0. The van der Waals surface area contributed by atoms with Crippen molar-refractivity contribution in [3.63, 3.8) is 0 Å². The fourth-order valence-electron chi connectivity index (χ4n) is 1.59. The van der Waals surface area contributed by atoms with E-state index in [2.05, 4.69) is 31.9 Å². The van der Waals surface area contributed by atoms with Gasteiger partial charge in [-0.2, -0.15) is 0 Å². The van der Waals surface area contributed by atoms with E-state index in [1.54, 1.807) is 19.1 Å². The van der Waals surface area contributed by atoms with E-state index in [1.807, 2.05) is 19.1 Å². The number of aryl methyl sites for hydroxylation is 1. The van der Waals surface area contributed by atoms with Gasteiger partial charge in [0.05, 0.1) is 0 Å². The average Bonchev–Trinajstić information content (AvgIpc) is 2.45. The molecule has 0 spiro atoms. The molecule has 108 valence electrons. The predicted molar refractivity (Wildman–Crippen MR) is 87.5 cm³/mol. The minimum atomic E-state index is -0.140. The second-order valence-electron chi connectivity index (χ2n) is 4.33. The van der Waals surface area contributed by atoms with Crippen LogP contribution in [0.15, 0.2) is 36.4 Å². The molecule has 2 aromatic carbocycles. The summed E-state index contributed by atoms with van der Waals surface area (Å²) in [5.74, 6) is -0.256. The maximum absolute atomic E-state index is 13.0. The van der Waals surface area contributed by atoms with Gasteiger partial charge in [0.15, 0.2) is 0 Å². The average molecular weight is 406 g/mol. The lowest BCUT2D eigenvalue weighted by Crippen LogP contribution is -1.91. The van der Waals surface area contributed by atoms with Crippen LogP contribution in [-0.2, 0) is 10.7 Å². The fraction of sp³-hybridized carbons (Fsp3) is 0.250. The van der Waals surface area contributed by atoms with Gasteiger partial charge in [0.1, 0.15) is 11.6 Å². The Kier molecular flexibility index (Phi) is 7.38. The molecule has 0 N–H and O–H groups in total. The Labute approximate surface area is 135 Å². The maximum atomic E-state index is 13.0. The molecule has 0 atom stereocenters. The zero-order valence-corrected chi connectivity index (χ0v) is 14.6. The van der Waals surface area contributed by atoms with Crippen molar-refractivity contribution in [1.29, 1.82) is 0 Å². The number of benzene rings is 2. The van der Waals surface area contributed by atoms with E-state index < -0.39 is 0 Å². The van der Waals surface area contributed by atoms with Gasteiger partial charge in [0, 0.05) is 16.2 Å². The fourth-order valence-corrected chi connectivity index (χ4v) is 2.75. The molecular weight excluding hydrogens is 390 g/mol. The SMILES string of the molecule is Cc1cccc(F)c1C.Fc1cccc(CBr)c1CBr. The lowest BCUT2D eigenvalue weighted by molar-refractivity contribution is 0.616. The zero-order valence-electron chi connectivity index (χ0n) is 11.4. The highest BCUT2D eigenvalue weighted by molar-refractivity contribution is 9.09. The van der Waals surface area contributed by atoms with Crippen LogP contribution in [-0.4, -0.2) is 0 Å². The molecular formula is C16H16Br2F2. The summed E-state index contributed by atoms with van der Waals surface area (Å²) < 4.78 is 25.6. The largest absolute Gasteiger partial charge is 0.207 e. The van der Waals surface area contributed by atoms with Gasteiger partial charge >= 0.3 is 0 Å². The normalized spacial score (nSPS) is 9.90. The lowest BCUT2D eigenvalue weighted by Gasteiger charge is -2.03. The summed E-state index contributed by atoms with van der Waals surface area (Å²) in [6.45, 7) is 3.68. The highest BCUT2D eigenvalue weighted by Gasteiger charge is 2.04. The van der Waals surface area contributed by atoms with Crippen LogP contribution in [0.1, 0.15) is 22.3 Å². The first-order valence-electron chi connectivity index (χ1n) is 6.11. The molecule has 0 aromatic heterocycles. The summed E-state index contributed by atoms with van der Waals surface area (Å²) in [5.41, 5.74) is 3.50. The molecule has 0 amide bonds. The number of hydrogen-bond acceptors (Lipinski definition) is 0. The van der Waals surface area contributed by atoms with Crippen LogP contribution in [0.25, 0.3) is 0 Å². The topological polar surface area (TPSA) is 0 Å². The van der Waals surface area contributed by atoms with Gasteiger partial charge in [0.25, 0.3) is 0 Å². The van der Waals surface area contributed by atoms with E-state index in [4.69, 9.17) is 0 Å². The first-order chi connectivity index (χ1) is 9.51. The summed E-state index contributed by atoms with van der Waals surface area (Å²) in [7, 11) is 0. The van der Waals surface area contributed by atoms with Crippen LogP contribution in [0.5, 0.6) is 0 Å². The Balaban J connectivity index is 0.000000204. The minimum Gasteiger partial charge on any atom is -0.207 e. The summed E-state index contributed by atoms with van der Waals surface area (Å²) in [5, 5.41) is 1.27. The molecule has 0 fully saturated rings. The molecule has 2 rings (SSSR count). The van der Waals surface area contributed by atoms with E-state index in [0.717, 1.165) is 22.3 Å². The lowest BCUT2D eigenvalue weighted by atomic mass is 10.1. The molecule has 4 heteroatoms. The summed E-state index contributed by atoms with van der Waals surface area (Å²) in [6, 6.07) is 10.2. The summed E-state index contributed by atoms with van der Waals surface area (Å²) >= 11 is 6.53. The van der Waals surface area contributed by atoms with Gasteiger partial charge in [-0.05, 0) is 42.7 Å². The van der Waals surface area contributed by atoms with Crippen LogP contribution >= 0.6 is 31.9 Å². The van der Waals surface area contributed by atoms with Gasteiger partial charge in [-0.1, -0.05) is 56.1 Å². The van der Waals surface area contributed by atoms with Crippen molar-refractivity contribution in [2.45, 2.75) is 24.5 Å². The quantitative estimate of drug-likeness (QED) is 0.533. The third kappa shape index (κ3) is 4.67. The third-order valence-electron chi connectivity index (χ3n) is 3.03. The molecule has 0 radical (unpaired) electrons. The van der Waals surface area contributed by atoms with E-state index in [0.29, 0.717) is 10.7 Å². The Morgan fingerprint density at radius 2 is 1.45 bits per heavy atom. The van der Waals surface area contributed by atoms with Crippen molar-refractivity contribution in [2.24, 2.45) is 0 Å². The van der Waals surface area contributed by atoms with Gasteiger partial charge in [-0.3, -0.25) is 0 Å². The second-order valence-corrected chi connectivity index (χ2v) is 5.45. The van der Waals surface area contributed by atoms with Crippen LogP contribution in [0.3, 0.4) is 0 Å². The maximum Gasteiger partial charge on any atom is 0.127 e. The van der Waals surface area contributed by atoms with Gasteiger partial charge in [-0.15, -0.1) is 0 Å². The molecule has 0 bridgehead atoms. The first-order valence-corrected chi connectivity index (χ1v) is 8.35. The van der Waals surface area contributed by atoms with E-state index >= 15 is 0 Å². The summed E-state index contributed by atoms with van der Waals surface area (Å²) in [4.78, 5) is 0. The van der Waals surface area contributed by atoms with Gasteiger partial charge < -0.3 is 0 Å². The predicted octanol–water partition coefficient (Wildman–Crippen LogP) is 6.06. The van der Waals surface area contributed by atoms with Crippen LogP contribution in [0, 0.1) is 25.5 Å². The second kappa shape index (κ2) is 8.53. The number of rotatable bonds is 2. The molecule has 0 aliphatic heterocycles. The van der Waals surface area contributed by atoms with E-state index in [1.165, 1.54) is 12.1 Å². The highest BCUT2D eigenvalue weighted by atomic mass is 79.9. The van der Waals surface area contributed by atoms with Crippen LogP contribution < -0.4 is 0 Å². The first kappa shape index (κ1) is 17.3. The number of halogens is 4. The van der Waals surface area contributed by atoms with E-state index in [9.17, 15) is 8.78 Å². The highest BCUT2D eigenvalue weighted by Crippen LogP contribution is 2.18. The van der Waals surface area contributed by atoms with Gasteiger partial charge in [0.2, 0.25) is 0 Å². The molecule has 0 nitrogen and oxygen atoms in total. The molecule has 0 aliphatic carbocycles. The van der Waals surface area contributed by atoms with Crippen molar-refractivity contribution in [3.8, 4) is 0 Å². The molecule has 0 saturated heterocycles. The van der Waals surface area contributed by atoms with E-state index in [-0.39, 0.29) is 11.6 Å². The monoisotopic (exact) mass is 404 g/mol. The van der Waals surface area contributed by atoms with Crippen molar-refractivity contribution in [2.75, 3.05) is 0 Å². The molecule has 0 saturated carbocycles. The summed E-state index contributed by atoms with van der Waals surface area (Å²) in [6.07, 6.45) is 0. The van der Waals surface area contributed by atoms with Crippen LogP contribution in [0.4, 0.5) is 8.78 Å². The van der Waals surface area contributed by atoms with Crippen molar-refractivity contribution >= 4 is 31.9 Å². The Hall–Kier alpha value is -0.740. The van der Waals surface area contributed by atoms with Crippen molar-refractivity contribution in [3.05, 3.63) is 70.3 Å². The molecule has 20 heavy (non-hydrogen) atoms. The van der Waals surface area contributed by atoms with Crippen molar-refractivity contribution < 1.29 is 8.78 Å². The zero-order chi connectivity index (χ0) is 15.1. The Bertz CT molecular complexity index is 548. The molecule has 0 aliphatic rings. The molecule has 2 aromatic rings. The smallest absolute Gasteiger partial charge is 0.127 e. The number of alkyl halides is 2. The van der Waals surface area contributed by atoms with Crippen molar-refractivity contribution in [1.82, 2.24) is 0 Å². The Morgan fingerprint density at radius 1 is 0.850 bits per heavy atom. The van der Waals surface area contributed by atoms with Crippen LogP contribution in [0.2, 0.25) is 0 Å². The molecule has 0 heterocycles. The minimum absolute atomic E-state index is 0.116. The standard InChI is InChI=1S/C8H7Br2F.C8H9F/c9-4-6-2-1-3-8(11)7(6)5-10;1-6-4-3-5-8(9)7(6)2/h1-3H,4-5H2;3-5H,1-2H3. The van der Waals surface area contributed by atoms with Gasteiger partial charge in [-0.25, -0.2) is 8.78 Å². The third-order valence-corrected chi connectivity index (χ3v) is 4.20.